The van der Waals surface area contributed by atoms with Gasteiger partial charge in [-0.1, -0.05) is 11.6 Å². The SMILES string of the molecule is Cc1nn(CC2CCC(C(=O)O)O2)cc1Cl. The third-order valence-electron chi connectivity index (χ3n) is 2.66. The van der Waals surface area contributed by atoms with Gasteiger partial charge in [-0.15, -0.1) is 0 Å². The number of hydrogen-bond acceptors (Lipinski definition) is 3. The molecule has 2 heterocycles. The van der Waals surface area contributed by atoms with Crippen molar-refractivity contribution in [2.45, 2.75) is 38.5 Å². The van der Waals surface area contributed by atoms with Gasteiger partial charge in [0.05, 0.1) is 23.4 Å². The van der Waals surface area contributed by atoms with Gasteiger partial charge in [-0.3, -0.25) is 4.68 Å². The van der Waals surface area contributed by atoms with Gasteiger partial charge in [0.25, 0.3) is 0 Å². The number of carboxylic acid groups (broad SMARTS) is 1. The Hall–Kier alpha value is -1.07. The highest BCUT2D eigenvalue weighted by molar-refractivity contribution is 6.31. The van der Waals surface area contributed by atoms with Gasteiger partial charge in [0.1, 0.15) is 0 Å². The molecule has 1 saturated heterocycles. The lowest BCUT2D eigenvalue weighted by Gasteiger charge is -2.10. The highest BCUT2D eigenvalue weighted by atomic mass is 35.5. The number of ether oxygens (including phenoxy) is 1. The number of halogens is 1. The molecule has 1 aliphatic heterocycles. The van der Waals surface area contributed by atoms with Crippen molar-refractivity contribution in [1.29, 1.82) is 0 Å². The number of rotatable bonds is 3. The molecule has 5 nitrogen and oxygen atoms in total. The molecule has 0 aliphatic carbocycles. The Morgan fingerprint density at radius 3 is 3.00 bits per heavy atom. The molecule has 2 rings (SSSR count). The van der Waals surface area contributed by atoms with Crippen LogP contribution in [-0.2, 0) is 16.1 Å². The second-order valence-corrected chi connectivity index (χ2v) is 4.35. The van der Waals surface area contributed by atoms with Crippen LogP contribution in [0.25, 0.3) is 0 Å². The number of carboxylic acids is 1. The lowest BCUT2D eigenvalue weighted by molar-refractivity contribution is -0.149. The predicted octanol–water partition coefficient (Wildman–Crippen LogP) is 1.48. The van der Waals surface area contributed by atoms with E-state index in [1.165, 1.54) is 0 Å². The van der Waals surface area contributed by atoms with Crippen molar-refractivity contribution in [2.75, 3.05) is 0 Å². The molecule has 88 valence electrons. The number of carbonyl (C=O) groups is 1. The summed E-state index contributed by atoms with van der Waals surface area (Å²) in [7, 11) is 0. The number of aliphatic carboxylic acids is 1. The molecule has 16 heavy (non-hydrogen) atoms. The van der Waals surface area contributed by atoms with E-state index < -0.39 is 12.1 Å². The summed E-state index contributed by atoms with van der Waals surface area (Å²) in [5.74, 6) is -0.892. The Labute approximate surface area is 98.0 Å². The molecule has 6 heteroatoms. The molecule has 2 unspecified atom stereocenters. The molecule has 1 aliphatic rings. The minimum atomic E-state index is -0.892. The summed E-state index contributed by atoms with van der Waals surface area (Å²) in [5, 5.41) is 13.6. The van der Waals surface area contributed by atoms with E-state index in [0.717, 1.165) is 12.1 Å². The molecular weight excluding hydrogens is 232 g/mol. The molecule has 1 aromatic rings. The van der Waals surface area contributed by atoms with Crippen molar-refractivity contribution in [3.63, 3.8) is 0 Å². The van der Waals surface area contributed by atoms with Crippen molar-refractivity contribution in [3.8, 4) is 0 Å². The van der Waals surface area contributed by atoms with Crippen molar-refractivity contribution in [3.05, 3.63) is 16.9 Å². The Morgan fingerprint density at radius 2 is 2.50 bits per heavy atom. The Balaban J connectivity index is 1.94. The molecule has 2 atom stereocenters. The Morgan fingerprint density at radius 1 is 1.75 bits per heavy atom. The molecule has 0 bridgehead atoms. The van der Waals surface area contributed by atoms with Crippen LogP contribution in [0.1, 0.15) is 18.5 Å². The first-order valence-corrected chi connectivity index (χ1v) is 5.52. The third-order valence-corrected chi connectivity index (χ3v) is 3.03. The molecule has 0 amide bonds. The van der Waals surface area contributed by atoms with E-state index in [9.17, 15) is 4.79 Å². The molecule has 1 N–H and O–H groups in total. The van der Waals surface area contributed by atoms with Crippen LogP contribution in [0.15, 0.2) is 6.20 Å². The van der Waals surface area contributed by atoms with Crippen LogP contribution in [0, 0.1) is 6.92 Å². The van der Waals surface area contributed by atoms with E-state index in [1.807, 2.05) is 6.92 Å². The number of aromatic nitrogens is 2. The lowest BCUT2D eigenvalue weighted by Crippen LogP contribution is -2.23. The number of nitrogens with zero attached hydrogens (tertiary/aromatic N) is 2. The van der Waals surface area contributed by atoms with Gasteiger partial charge < -0.3 is 9.84 Å². The second-order valence-electron chi connectivity index (χ2n) is 3.95. The zero-order valence-electron chi connectivity index (χ0n) is 8.89. The summed E-state index contributed by atoms with van der Waals surface area (Å²) in [6, 6.07) is 0. The van der Waals surface area contributed by atoms with Crippen LogP contribution in [0.3, 0.4) is 0 Å². The largest absolute Gasteiger partial charge is 0.479 e. The van der Waals surface area contributed by atoms with Crippen LogP contribution >= 0.6 is 11.6 Å². The van der Waals surface area contributed by atoms with E-state index in [4.69, 9.17) is 21.4 Å². The van der Waals surface area contributed by atoms with Crippen LogP contribution in [-0.4, -0.2) is 33.1 Å². The monoisotopic (exact) mass is 244 g/mol. The second kappa shape index (κ2) is 4.43. The molecule has 0 radical (unpaired) electrons. The third kappa shape index (κ3) is 2.36. The standard InChI is InChI=1S/C10H13ClN2O3/c1-6-8(11)5-13(12-6)4-7-2-3-9(16-7)10(14)15/h5,7,9H,2-4H2,1H3,(H,14,15). The fraction of sp³-hybridized carbons (Fsp3) is 0.600. The summed E-state index contributed by atoms with van der Waals surface area (Å²) in [4.78, 5) is 10.7. The van der Waals surface area contributed by atoms with Gasteiger partial charge in [-0.05, 0) is 19.8 Å². The maximum Gasteiger partial charge on any atom is 0.332 e. The van der Waals surface area contributed by atoms with Gasteiger partial charge in [-0.2, -0.15) is 5.10 Å². The first-order chi connectivity index (χ1) is 7.56. The summed E-state index contributed by atoms with van der Waals surface area (Å²) in [6.45, 7) is 2.38. The van der Waals surface area contributed by atoms with Gasteiger partial charge >= 0.3 is 5.97 Å². The number of aryl methyl sites for hydroxylation is 1. The van der Waals surface area contributed by atoms with Gasteiger partial charge in [0.2, 0.25) is 0 Å². The first-order valence-electron chi connectivity index (χ1n) is 5.14. The highest BCUT2D eigenvalue weighted by Crippen LogP contribution is 2.22. The quantitative estimate of drug-likeness (QED) is 0.875. The molecular formula is C10H13ClN2O3. The molecule has 1 fully saturated rings. The van der Waals surface area contributed by atoms with Crippen molar-refractivity contribution in [1.82, 2.24) is 9.78 Å². The fourth-order valence-corrected chi connectivity index (χ4v) is 1.97. The Kier molecular flexibility index (Phi) is 3.16. The summed E-state index contributed by atoms with van der Waals surface area (Å²) < 4.78 is 7.07. The van der Waals surface area contributed by atoms with Gasteiger partial charge in [0, 0.05) is 6.20 Å². The van der Waals surface area contributed by atoms with Gasteiger partial charge in [0.15, 0.2) is 6.10 Å². The maximum atomic E-state index is 10.7. The predicted molar refractivity (Wildman–Crippen MR) is 57.5 cm³/mol. The van der Waals surface area contributed by atoms with Crippen LogP contribution in [0.4, 0.5) is 0 Å². The average molecular weight is 245 g/mol. The average Bonchev–Trinajstić information content (AvgIpc) is 2.76. The number of hydrogen-bond donors (Lipinski definition) is 1. The van der Waals surface area contributed by atoms with Crippen LogP contribution in [0.5, 0.6) is 0 Å². The van der Waals surface area contributed by atoms with Crippen LogP contribution < -0.4 is 0 Å². The molecule has 0 spiro atoms. The lowest BCUT2D eigenvalue weighted by atomic mass is 10.2. The fourth-order valence-electron chi connectivity index (χ4n) is 1.82. The van der Waals surface area contributed by atoms with Crippen molar-refractivity contribution in [2.24, 2.45) is 0 Å². The van der Waals surface area contributed by atoms with E-state index in [0.29, 0.717) is 18.0 Å². The minimum absolute atomic E-state index is 0.0866. The van der Waals surface area contributed by atoms with Crippen molar-refractivity contribution >= 4 is 17.6 Å². The van der Waals surface area contributed by atoms with Crippen LogP contribution in [0.2, 0.25) is 5.02 Å². The van der Waals surface area contributed by atoms with E-state index in [2.05, 4.69) is 5.10 Å². The first kappa shape index (κ1) is 11.4. The van der Waals surface area contributed by atoms with Crippen molar-refractivity contribution < 1.29 is 14.6 Å². The topological polar surface area (TPSA) is 64.4 Å². The maximum absolute atomic E-state index is 10.7. The zero-order chi connectivity index (χ0) is 11.7. The van der Waals surface area contributed by atoms with E-state index in [1.54, 1.807) is 10.9 Å². The smallest absolute Gasteiger partial charge is 0.332 e. The summed E-state index contributed by atoms with van der Waals surface area (Å²) in [5.41, 5.74) is 0.773. The normalized spacial score (nSPS) is 24.9. The Bertz CT molecular complexity index is 385. The van der Waals surface area contributed by atoms with Gasteiger partial charge in [-0.25, -0.2) is 4.79 Å². The molecule has 0 aromatic carbocycles. The molecule has 1 aromatic heterocycles. The zero-order valence-corrected chi connectivity index (χ0v) is 9.65. The summed E-state index contributed by atoms with van der Waals surface area (Å²) >= 11 is 5.88. The minimum Gasteiger partial charge on any atom is -0.479 e. The molecule has 0 saturated carbocycles. The van der Waals surface area contributed by atoms with E-state index in [-0.39, 0.29) is 6.10 Å². The highest BCUT2D eigenvalue weighted by Gasteiger charge is 2.30. The summed E-state index contributed by atoms with van der Waals surface area (Å²) in [6.07, 6.45) is 2.28. The van der Waals surface area contributed by atoms with E-state index >= 15 is 0 Å².